The van der Waals surface area contributed by atoms with Crippen LogP contribution in [0.4, 0.5) is 0 Å². The summed E-state index contributed by atoms with van der Waals surface area (Å²) in [6.07, 6.45) is 3.35. The van der Waals surface area contributed by atoms with E-state index in [1.54, 1.807) is 12.5 Å². The Hall–Kier alpha value is -0.300. The molecule has 6 heteroatoms. The van der Waals surface area contributed by atoms with Gasteiger partial charge in [-0.1, -0.05) is 0 Å². The van der Waals surface area contributed by atoms with Gasteiger partial charge in [0.05, 0.1) is 30.0 Å². The van der Waals surface area contributed by atoms with E-state index >= 15 is 0 Å². The highest BCUT2D eigenvalue weighted by molar-refractivity contribution is 7.87. The van der Waals surface area contributed by atoms with Gasteiger partial charge in [-0.25, -0.2) is 0 Å². The molecule has 2 unspecified atom stereocenters. The van der Waals surface area contributed by atoms with Crippen LogP contribution in [-0.2, 0) is 21.6 Å². The molecule has 16 heavy (non-hydrogen) atoms. The highest BCUT2D eigenvalue weighted by Crippen LogP contribution is 2.35. The SMILES string of the molecule is CS(=O)c1ccc(-c2ccc(S(C)=O)s2)s1. The van der Waals surface area contributed by atoms with Crippen molar-refractivity contribution in [2.24, 2.45) is 0 Å². The van der Waals surface area contributed by atoms with Crippen LogP contribution in [-0.4, -0.2) is 20.9 Å². The van der Waals surface area contributed by atoms with Gasteiger partial charge in [0.2, 0.25) is 0 Å². The van der Waals surface area contributed by atoms with Crippen molar-refractivity contribution in [1.29, 1.82) is 0 Å². The van der Waals surface area contributed by atoms with Gasteiger partial charge in [0.15, 0.2) is 0 Å². The fraction of sp³-hybridized carbons (Fsp3) is 0.200. The highest BCUT2D eigenvalue weighted by atomic mass is 32.2. The molecule has 0 fully saturated rings. The third-order valence-electron chi connectivity index (χ3n) is 1.97. The van der Waals surface area contributed by atoms with Crippen LogP contribution in [0, 0.1) is 0 Å². The van der Waals surface area contributed by atoms with Crippen LogP contribution in [0.15, 0.2) is 32.7 Å². The van der Waals surface area contributed by atoms with E-state index in [0.29, 0.717) is 0 Å². The summed E-state index contributed by atoms with van der Waals surface area (Å²) < 4.78 is 24.3. The molecule has 2 heterocycles. The Kier molecular flexibility index (Phi) is 3.73. The van der Waals surface area contributed by atoms with Gasteiger partial charge >= 0.3 is 0 Å². The smallest absolute Gasteiger partial charge is 0.0914 e. The molecular formula is C10H10O2S4. The molecule has 0 aliphatic rings. The average Bonchev–Trinajstić information content (AvgIpc) is 2.86. The van der Waals surface area contributed by atoms with Gasteiger partial charge in [-0.15, -0.1) is 22.7 Å². The molecule has 2 aromatic heterocycles. The summed E-state index contributed by atoms with van der Waals surface area (Å²) in [5, 5.41) is 0. The van der Waals surface area contributed by atoms with Crippen LogP contribution in [0.1, 0.15) is 0 Å². The van der Waals surface area contributed by atoms with Crippen molar-refractivity contribution in [3.8, 4) is 9.75 Å². The van der Waals surface area contributed by atoms with Crippen molar-refractivity contribution in [1.82, 2.24) is 0 Å². The number of rotatable bonds is 3. The molecule has 2 rings (SSSR count). The predicted octanol–water partition coefficient (Wildman–Crippen LogP) is 2.95. The van der Waals surface area contributed by atoms with Crippen molar-refractivity contribution >= 4 is 44.3 Å². The van der Waals surface area contributed by atoms with E-state index in [0.717, 1.165) is 18.2 Å². The van der Waals surface area contributed by atoms with Gasteiger partial charge in [0.25, 0.3) is 0 Å². The second kappa shape index (κ2) is 4.91. The quantitative estimate of drug-likeness (QED) is 0.871. The lowest BCUT2D eigenvalue weighted by Crippen LogP contribution is -1.78. The Morgan fingerprint density at radius 3 is 1.44 bits per heavy atom. The van der Waals surface area contributed by atoms with Crippen molar-refractivity contribution in [2.75, 3.05) is 12.5 Å². The lowest BCUT2D eigenvalue weighted by atomic mass is 10.4. The lowest BCUT2D eigenvalue weighted by Gasteiger charge is -1.89. The monoisotopic (exact) mass is 290 g/mol. The van der Waals surface area contributed by atoms with Crippen LogP contribution in [0.25, 0.3) is 9.75 Å². The van der Waals surface area contributed by atoms with Crippen molar-refractivity contribution in [2.45, 2.75) is 8.42 Å². The van der Waals surface area contributed by atoms with Crippen LogP contribution in [0.3, 0.4) is 0 Å². The zero-order valence-electron chi connectivity index (χ0n) is 8.76. The minimum absolute atomic E-state index is 0.877. The second-order valence-electron chi connectivity index (χ2n) is 3.15. The maximum absolute atomic E-state index is 11.3. The fourth-order valence-electron chi connectivity index (χ4n) is 1.21. The molecule has 86 valence electrons. The van der Waals surface area contributed by atoms with E-state index in [1.807, 2.05) is 24.3 Å². The van der Waals surface area contributed by atoms with Crippen molar-refractivity contribution < 1.29 is 8.42 Å². The molecule has 0 bridgehead atoms. The van der Waals surface area contributed by atoms with Crippen LogP contribution < -0.4 is 0 Å². The minimum atomic E-state index is -0.921. The first-order valence-electron chi connectivity index (χ1n) is 4.45. The molecule has 0 saturated carbocycles. The van der Waals surface area contributed by atoms with Crippen molar-refractivity contribution in [3.63, 3.8) is 0 Å². The Labute approximate surface area is 107 Å². The molecule has 2 nitrogen and oxygen atoms in total. The Balaban J connectivity index is 2.35. The summed E-state index contributed by atoms with van der Waals surface area (Å²) >= 11 is 3.06. The second-order valence-corrected chi connectivity index (χ2v) is 8.53. The average molecular weight is 290 g/mol. The molecule has 0 radical (unpaired) electrons. The Bertz CT molecular complexity index is 502. The summed E-state index contributed by atoms with van der Waals surface area (Å²) in [6, 6.07) is 7.71. The van der Waals surface area contributed by atoms with E-state index in [2.05, 4.69) is 0 Å². The molecule has 0 spiro atoms. The summed E-state index contributed by atoms with van der Waals surface area (Å²) in [4.78, 5) is 2.18. The Morgan fingerprint density at radius 1 is 0.812 bits per heavy atom. The van der Waals surface area contributed by atoms with E-state index in [4.69, 9.17) is 0 Å². The molecule has 0 aromatic carbocycles. The van der Waals surface area contributed by atoms with E-state index in [9.17, 15) is 8.42 Å². The first kappa shape index (κ1) is 12.2. The largest absolute Gasteiger partial charge is 0.254 e. The van der Waals surface area contributed by atoms with Crippen molar-refractivity contribution in [3.05, 3.63) is 24.3 Å². The fourth-order valence-corrected chi connectivity index (χ4v) is 4.78. The van der Waals surface area contributed by atoms with Crippen LogP contribution >= 0.6 is 22.7 Å². The zero-order chi connectivity index (χ0) is 11.7. The maximum Gasteiger partial charge on any atom is 0.0914 e. The van der Waals surface area contributed by atoms with Crippen LogP contribution in [0.2, 0.25) is 0 Å². The standard InChI is InChI=1S/C10H10O2S4/c1-15(11)9-5-3-7(13-9)8-4-6-10(14-8)16(2)12/h3-6H,1-2H3. The summed E-state index contributed by atoms with van der Waals surface area (Å²) in [6.45, 7) is 0. The zero-order valence-corrected chi connectivity index (χ0v) is 12.0. The first-order valence-corrected chi connectivity index (χ1v) is 9.20. The predicted molar refractivity (Wildman–Crippen MR) is 72.3 cm³/mol. The van der Waals surface area contributed by atoms with Gasteiger partial charge in [-0.2, -0.15) is 0 Å². The maximum atomic E-state index is 11.3. The van der Waals surface area contributed by atoms with E-state index in [-0.39, 0.29) is 0 Å². The topological polar surface area (TPSA) is 34.1 Å². The summed E-state index contributed by atoms with van der Waals surface area (Å²) in [7, 11) is -1.84. The summed E-state index contributed by atoms with van der Waals surface area (Å²) in [5.74, 6) is 0. The number of thiophene rings is 2. The van der Waals surface area contributed by atoms with Gasteiger partial charge in [0, 0.05) is 22.3 Å². The molecule has 0 N–H and O–H groups in total. The number of hydrogen-bond acceptors (Lipinski definition) is 4. The lowest BCUT2D eigenvalue weighted by molar-refractivity contribution is 0.687. The molecule has 0 saturated heterocycles. The van der Waals surface area contributed by atoms with E-state index in [1.165, 1.54) is 22.7 Å². The molecule has 2 aromatic rings. The highest BCUT2D eigenvalue weighted by Gasteiger charge is 2.09. The normalized spacial score (nSPS) is 14.9. The third kappa shape index (κ3) is 2.51. The summed E-state index contributed by atoms with van der Waals surface area (Å²) in [5.41, 5.74) is 0. The van der Waals surface area contributed by atoms with Gasteiger partial charge in [-0.3, -0.25) is 8.42 Å². The molecule has 0 amide bonds. The molecule has 2 atom stereocenters. The molecule has 0 aliphatic carbocycles. The van der Waals surface area contributed by atoms with Crippen LogP contribution in [0.5, 0.6) is 0 Å². The number of hydrogen-bond donors (Lipinski definition) is 0. The van der Waals surface area contributed by atoms with Gasteiger partial charge in [0.1, 0.15) is 0 Å². The van der Waals surface area contributed by atoms with E-state index < -0.39 is 21.6 Å². The molecular weight excluding hydrogens is 280 g/mol. The molecule has 0 aliphatic heterocycles. The third-order valence-corrected chi connectivity index (χ3v) is 7.24. The Morgan fingerprint density at radius 2 is 1.19 bits per heavy atom. The van der Waals surface area contributed by atoms with Gasteiger partial charge in [-0.05, 0) is 24.3 Å². The van der Waals surface area contributed by atoms with Gasteiger partial charge < -0.3 is 0 Å². The minimum Gasteiger partial charge on any atom is -0.254 e. The first-order chi connectivity index (χ1) is 7.58.